The minimum atomic E-state index is -0.148. The molecule has 0 radical (unpaired) electrons. The van der Waals surface area contributed by atoms with E-state index in [0.29, 0.717) is 17.1 Å². The number of benzene rings is 1. The zero-order chi connectivity index (χ0) is 12.5. The zero-order valence-electron chi connectivity index (χ0n) is 9.90. The predicted molar refractivity (Wildman–Crippen MR) is 69.1 cm³/mol. The molecule has 0 unspecified atom stereocenters. The highest BCUT2D eigenvalue weighted by Crippen LogP contribution is 2.29. The molecule has 1 amide bonds. The summed E-state index contributed by atoms with van der Waals surface area (Å²) in [5.74, 6) is 1.24. The first kappa shape index (κ1) is 10.7. The van der Waals surface area contributed by atoms with E-state index in [9.17, 15) is 4.79 Å². The van der Waals surface area contributed by atoms with Gasteiger partial charge < -0.3 is 10.6 Å². The van der Waals surface area contributed by atoms with Crippen molar-refractivity contribution in [2.45, 2.75) is 13.3 Å². The third-order valence-electron chi connectivity index (χ3n) is 2.83. The van der Waals surface area contributed by atoms with Crippen LogP contribution in [-0.2, 0) is 6.42 Å². The van der Waals surface area contributed by atoms with Gasteiger partial charge in [0.25, 0.3) is 5.91 Å². The lowest BCUT2D eigenvalue weighted by Crippen LogP contribution is -2.11. The molecule has 2 aromatic rings. The Morgan fingerprint density at radius 3 is 2.83 bits per heavy atom. The highest BCUT2D eigenvalue weighted by atomic mass is 16.1. The second-order valence-electron chi connectivity index (χ2n) is 4.03. The van der Waals surface area contributed by atoms with E-state index < -0.39 is 0 Å². The van der Waals surface area contributed by atoms with Crippen molar-refractivity contribution in [3.8, 4) is 0 Å². The standard InChI is InChI=1S/C13H12N4O/c1-2-11-14-7-10-12(17-11)15-9-6-4-3-5-8(9)13(18)16-10/h3-7H,2H2,1H3,(H,16,18)(H,14,15,17). The van der Waals surface area contributed by atoms with Crippen LogP contribution in [0.5, 0.6) is 0 Å². The Labute approximate surface area is 104 Å². The number of anilines is 3. The number of nitrogens with one attached hydrogen (secondary N) is 2. The molecule has 5 nitrogen and oxygen atoms in total. The number of aromatic nitrogens is 2. The van der Waals surface area contributed by atoms with Gasteiger partial charge in [-0.3, -0.25) is 4.79 Å². The number of hydrogen-bond acceptors (Lipinski definition) is 4. The van der Waals surface area contributed by atoms with Crippen LogP contribution in [0.4, 0.5) is 17.2 Å². The van der Waals surface area contributed by atoms with Crippen molar-refractivity contribution in [1.29, 1.82) is 0 Å². The zero-order valence-corrected chi connectivity index (χ0v) is 9.90. The molecule has 1 aromatic heterocycles. The summed E-state index contributed by atoms with van der Waals surface area (Å²) >= 11 is 0. The fraction of sp³-hybridized carbons (Fsp3) is 0.154. The van der Waals surface area contributed by atoms with Crippen molar-refractivity contribution in [3.63, 3.8) is 0 Å². The number of fused-ring (bicyclic) bond motifs is 2. The first-order valence-electron chi connectivity index (χ1n) is 5.81. The molecule has 2 N–H and O–H groups in total. The fourth-order valence-electron chi connectivity index (χ4n) is 1.88. The van der Waals surface area contributed by atoms with Gasteiger partial charge in [0.05, 0.1) is 17.4 Å². The van der Waals surface area contributed by atoms with E-state index >= 15 is 0 Å². The number of carbonyl (C=O) groups is 1. The first-order chi connectivity index (χ1) is 8.78. The van der Waals surface area contributed by atoms with Crippen molar-refractivity contribution < 1.29 is 4.79 Å². The Bertz CT molecular complexity index is 624. The van der Waals surface area contributed by atoms with Crippen molar-refractivity contribution in [2.24, 2.45) is 0 Å². The minimum absolute atomic E-state index is 0.148. The van der Waals surface area contributed by atoms with Gasteiger partial charge in [-0.1, -0.05) is 19.1 Å². The van der Waals surface area contributed by atoms with Crippen LogP contribution >= 0.6 is 0 Å². The topological polar surface area (TPSA) is 66.9 Å². The molecule has 1 aliphatic heterocycles. The molecule has 0 atom stereocenters. The summed E-state index contributed by atoms with van der Waals surface area (Å²) in [6, 6.07) is 7.35. The Morgan fingerprint density at radius 2 is 2.00 bits per heavy atom. The van der Waals surface area contributed by atoms with Gasteiger partial charge in [0.2, 0.25) is 0 Å². The van der Waals surface area contributed by atoms with Crippen LogP contribution in [0.1, 0.15) is 23.1 Å². The molecular formula is C13H12N4O. The van der Waals surface area contributed by atoms with Crippen LogP contribution in [0.2, 0.25) is 0 Å². The molecule has 5 heteroatoms. The predicted octanol–water partition coefficient (Wildman–Crippen LogP) is 2.35. The van der Waals surface area contributed by atoms with Gasteiger partial charge in [-0.2, -0.15) is 0 Å². The van der Waals surface area contributed by atoms with E-state index in [4.69, 9.17) is 0 Å². The molecule has 0 fully saturated rings. The third kappa shape index (κ3) is 1.69. The van der Waals surface area contributed by atoms with Gasteiger partial charge in [0, 0.05) is 6.42 Å². The molecule has 0 saturated heterocycles. The molecule has 0 spiro atoms. The van der Waals surface area contributed by atoms with E-state index in [1.807, 2.05) is 25.1 Å². The van der Waals surface area contributed by atoms with E-state index in [2.05, 4.69) is 20.6 Å². The quantitative estimate of drug-likeness (QED) is 0.803. The number of carbonyl (C=O) groups excluding carboxylic acids is 1. The molecule has 1 aromatic carbocycles. The molecule has 3 rings (SSSR count). The molecule has 18 heavy (non-hydrogen) atoms. The number of para-hydroxylation sites is 1. The van der Waals surface area contributed by atoms with Gasteiger partial charge in [-0.15, -0.1) is 0 Å². The summed E-state index contributed by atoms with van der Waals surface area (Å²) in [6.07, 6.45) is 2.39. The normalized spacial score (nSPS) is 12.8. The van der Waals surface area contributed by atoms with Crippen LogP contribution in [0.3, 0.4) is 0 Å². The van der Waals surface area contributed by atoms with Crippen LogP contribution in [-0.4, -0.2) is 15.9 Å². The number of amides is 1. The summed E-state index contributed by atoms with van der Waals surface area (Å²) < 4.78 is 0. The summed E-state index contributed by atoms with van der Waals surface area (Å²) in [5.41, 5.74) is 1.97. The lowest BCUT2D eigenvalue weighted by molar-refractivity contribution is 0.102. The lowest BCUT2D eigenvalue weighted by Gasteiger charge is -2.07. The first-order valence-corrected chi connectivity index (χ1v) is 5.81. The van der Waals surface area contributed by atoms with Gasteiger partial charge in [0.15, 0.2) is 5.82 Å². The monoisotopic (exact) mass is 240 g/mol. The smallest absolute Gasteiger partial charge is 0.257 e. The molecule has 90 valence electrons. The van der Waals surface area contributed by atoms with Gasteiger partial charge in [-0.25, -0.2) is 9.97 Å². The Balaban J connectivity index is 2.13. The van der Waals surface area contributed by atoms with Gasteiger partial charge in [-0.05, 0) is 12.1 Å². The summed E-state index contributed by atoms with van der Waals surface area (Å²) in [7, 11) is 0. The van der Waals surface area contributed by atoms with Crippen LogP contribution < -0.4 is 10.6 Å². The maximum absolute atomic E-state index is 12.0. The second kappa shape index (κ2) is 4.10. The van der Waals surface area contributed by atoms with Crippen LogP contribution in [0.25, 0.3) is 0 Å². The summed E-state index contributed by atoms with van der Waals surface area (Å²) in [6.45, 7) is 1.99. The molecule has 0 aliphatic carbocycles. The number of rotatable bonds is 1. The van der Waals surface area contributed by atoms with Crippen molar-refractivity contribution in [1.82, 2.24) is 9.97 Å². The summed E-state index contributed by atoms with van der Waals surface area (Å²) in [4.78, 5) is 20.6. The molecule has 0 saturated carbocycles. The third-order valence-corrected chi connectivity index (χ3v) is 2.83. The van der Waals surface area contributed by atoms with Crippen LogP contribution in [0.15, 0.2) is 30.5 Å². The lowest BCUT2D eigenvalue weighted by atomic mass is 10.1. The maximum atomic E-state index is 12.0. The number of nitrogens with zero attached hydrogens (tertiary/aromatic N) is 2. The van der Waals surface area contributed by atoms with Gasteiger partial charge in [0.1, 0.15) is 11.5 Å². The second-order valence-corrected chi connectivity index (χ2v) is 4.03. The van der Waals surface area contributed by atoms with E-state index in [1.54, 1.807) is 12.3 Å². The SMILES string of the molecule is CCc1ncc2c(n1)Nc1ccccc1C(=O)N2. The summed E-state index contributed by atoms with van der Waals surface area (Å²) in [5, 5.41) is 5.98. The molecular weight excluding hydrogens is 228 g/mol. The fourth-order valence-corrected chi connectivity index (χ4v) is 1.88. The molecule has 1 aliphatic rings. The van der Waals surface area contributed by atoms with Crippen molar-refractivity contribution >= 4 is 23.1 Å². The van der Waals surface area contributed by atoms with E-state index in [0.717, 1.165) is 17.9 Å². The Kier molecular flexibility index (Phi) is 2.44. The Hall–Kier alpha value is -2.43. The number of aryl methyl sites for hydroxylation is 1. The highest BCUT2D eigenvalue weighted by Gasteiger charge is 2.19. The Morgan fingerprint density at radius 1 is 1.17 bits per heavy atom. The highest BCUT2D eigenvalue weighted by molar-refractivity contribution is 6.11. The van der Waals surface area contributed by atoms with Crippen molar-refractivity contribution in [3.05, 3.63) is 41.9 Å². The van der Waals surface area contributed by atoms with Gasteiger partial charge >= 0.3 is 0 Å². The number of hydrogen-bond donors (Lipinski definition) is 2. The average molecular weight is 240 g/mol. The average Bonchev–Trinajstić information content (AvgIpc) is 2.54. The maximum Gasteiger partial charge on any atom is 0.257 e. The minimum Gasteiger partial charge on any atom is -0.338 e. The molecule has 0 bridgehead atoms. The van der Waals surface area contributed by atoms with E-state index in [-0.39, 0.29) is 5.91 Å². The molecule has 2 heterocycles. The largest absolute Gasteiger partial charge is 0.338 e. The van der Waals surface area contributed by atoms with Crippen molar-refractivity contribution in [2.75, 3.05) is 10.6 Å². The van der Waals surface area contributed by atoms with E-state index in [1.165, 1.54) is 0 Å². The van der Waals surface area contributed by atoms with Crippen LogP contribution in [0, 0.1) is 0 Å².